The summed E-state index contributed by atoms with van der Waals surface area (Å²) in [6.45, 7) is 0. The normalized spacial score (nSPS) is 10.2. The van der Waals surface area contributed by atoms with E-state index in [2.05, 4.69) is 20.1 Å². The zero-order valence-corrected chi connectivity index (χ0v) is 10.1. The molecular weight excluding hydrogens is 242 g/mol. The number of hydrogen-bond acceptors (Lipinski definition) is 7. The topological polar surface area (TPSA) is 95.1 Å². The predicted octanol–water partition coefficient (Wildman–Crippen LogP) is 0.739. The fourth-order valence-electron chi connectivity index (χ4n) is 1.38. The van der Waals surface area contributed by atoms with Gasteiger partial charge in [-0.05, 0) is 0 Å². The van der Waals surface area contributed by atoms with Crippen LogP contribution in [0, 0.1) is 0 Å². The highest BCUT2D eigenvalue weighted by atomic mass is 32.1. The van der Waals surface area contributed by atoms with Gasteiger partial charge in [0.25, 0.3) is 0 Å². The number of hydrogen-bond donors (Lipinski definition) is 2. The molecule has 17 heavy (non-hydrogen) atoms. The second kappa shape index (κ2) is 4.42. The molecule has 0 radical (unpaired) electrons. The number of esters is 1. The molecule has 3 N–H and O–H groups in total. The Morgan fingerprint density at radius 1 is 1.65 bits per heavy atom. The summed E-state index contributed by atoms with van der Waals surface area (Å²) in [5.74, 6) is 0.0374. The lowest BCUT2D eigenvalue weighted by Gasteiger charge is -2.00. The van der Waals surface area contributed by atoms with Gasteiger partial charge in [0.05, 0.1) is 7.11 Å². The Hall–Kier alpha value is -2.09. The van der Waals surface area contributed by atoms with E-state index in [1.807, 2.05) is 0 Å². The van der Waals surface area contributed by atoms with Gasteiger partial charge >= 0.3 is 5.97 Å². The van der Waals surface area contributed by atoms with Crippen LogP contribution < -0.4 is 11.1 Å². The van der Waals surface area contributed by atoms with E-state index in [4.69, 9.17) is 5.73 Å². The van der Waals surface area contributed by atoms with E-state index in [0.717, 1.165) is 0 Å². The third-order valence-electron chi connectivity index (χ3n) is 2.15. The third-order valence-corrected chi connectivity index (χ3v) is 2.89. The van der Waals surface area contributed by atoms with Gasteiger partial charge in [-0.2, -0.15) is 4.68 Å². The van der Waals surface area contributed by atoms with Gasteiger partial charge in [-0.1, -0.05) is 0 Å². The number of nitrogens with zero attached hydrogens (tertiary/aromatic N) is 3. The number of ether oxygens (including phenoxy) is 1. The van der Waals surface area contributed by atoms with Gasteiger partial charge in [0, 0.05) is 18.6 Å². The molecule has 0 aliphatic heterocycles. The van der Waals surface area contributed by atoms with Gasteiger partial charge in [0.15, 0.2) is 5.82 Å². The SMILES string of the molecule is CNc1nn(-c2nccs2)c(N)c1C(=O)OC. The first-order valence-corrected chi connectivity index (χ1v) is 5.61. The number of nitrogens with one attached hydrogen (secondary N) is 1. The Morgan fingerprint density at radius 3 is 2.94 bits per heavy atom. The average molecular weight is 253 g/mol. The number of thiazole rings is 1. The molecule has 0 bridgehead atoms. The molecule has 0 aliphatic rings. The number of nitrogens with two attached hydrogens (primary N) is 1. The first kappa shape index (κ1) is 11.4. The zero-order chi connectivity index (χ0) is 12.4. The van der Waals surface area contributed by atoms with Crippen LogP contribution in [0.15, 0.2) is 11.6 Å². The van der Waals surface area contributed by atoms with Crippen LogP contribution in [0.25, 0.3) is 5.13 Å². The zero-order valence-electron chi connectivity index (χ0n) is 9.30. The Kier molecular flexibility index (Phi) is 2.96. The number of rotatable bonds is 3. The molecule has 90 valence electrons. The smallest absolute Gasteiger partial charge is 0.345 e. The average Bonchev–Trinajstić information content (AvgIpc) is 2.95. The van der Waals surface area contributed by atoms with E-state index in [-0.39, 0.29) is 11.4 Å². The molecule has 2 heterocycles. The molecule has 0 saturated heterocycles. The second-order valence-electron chi connectivity index (χ2n) is 3.08. The van der Waals surface area contributed by atoms with E-state index in [1.165, 1.54) is 23.1 Å². The number of nitrogen functional groups attached to an aromatic ring is 1. The molecule has 2 rings (SSSR count). The molecule has 7 nitrogen and oxygen atoms in total. The highest BCUT2D eigenvalue weighted by Gasteiger charge is 2.23. The van der Waals surface area contributed by atoms with Crippen molar-refractivity contribution < 1.29 is 9.53 Å². The Labute approximate surface area is 101 Å². The predicted molar refractivity (Wildman–Crippen MR) is 64.5 cm³/mol. The van der Waals surface area contributed by atoms with Crippen molar-refractivity contribution in [3.63, 3.8) is 0 Å². The minimum atomic E-state index is -0.533. The first-order chi connectivity index (χ1) is 8.19. The van der Waals surface area contributed by atoms with Gasteiger partial charge in [0.2, 0.25) is 5.13 Å². The van der Waals surface area contributed by atoms with Crippen LogP contribution in [0.1, 0.15) is 10.4 Å². The third kappa shape index (κ3) is 1.82. The molecule has 0 unspecified atom stereocenters. The van der Waals surface area contributed by atoms with Crippen molar-refractivity contribution in [2.24, 2.45) is 0 Å². The number of methoxy groups -OCH3 is 1. The van der Waals surface area contributed by atoms with E-state index in [0.29, 0.717) is 10.9 Å². The summed E-state index contributed by atoms with van der Waals surface area (Å²) in [4.78, 5) is 15.7. The summed E-state index contributed by atoms with van der Waals surface area (Å²) in [6.07, 6.45) is 1.64. The number of carbonyl (C=O) groups excluding carboxylic acids is 1. The van der Waals surface area contributed by atoms with Crippen molar-refractivity contribution in [2.45, 2.75) is 0 Å². The molecule has 8 heteroatoms. The highest BCUT2D eigenvalue weighted by molar-refractivity contribution is 7.12. The van der Waals surface area contributed by atoms with Crippen molar-refractivity contribution in [1.29, 1.82) is 0 Å². The van der Waals surface area contributed by atoms with Crippen LogP contribution in [-0.4, -0.2) is 34.9 Å². The maximum Gasteiger partial charge on any atom is 0.345 e. The summed E-state index contributed by atoms with van der Waals surface area (Å²) < 4.78 is 6.07. The van der Waals surface area contributed by atoms with Crippen molar-refractivity contribution in [1.82, 2.24) is 14.8 Å². The van der Waals surface area contributed by atoms with Crippen molar-refractivity contribution >= 4 is 28.9 Å². The number of anilines is 2. The van der Waals surface area contributed by atoms with Gasteiger partial charge in [-0.3, -0.25) is 0 Å². The molecule has 0 aliphatic carbocycles. The van der Waals surface area contributed by atoms with E-state index >= 15 is 0 Å². The summed E-state index contributed by atoms with van der Waals surface area (Å²) in [6, 6.07) is 0. The van der Waals surface area contributed by atoms with Gasteiger partial charge in [-0.15, -0.1) is 16.4 Å². The fraction of sp³-hybridized carbons (Fsp3) is 0.222. The van der Waals surface area contributed by atoms with Crippen molar-refractivity contribution in [2.75, 3.05) is 25.2 Å². The van der Waals surface area contributed by atoms with Gasteiger partial charge in [-0.25, -0.2) is 9.78 Å². The van der Waals surface area contributed by atoms with Gasteiger partial charge < -0.3 is 15.8 Å². The molecule has 0 saturated carbocycles. The summed E-state index contributed by atoms with van der Waals surface area (Å²) >= 11 is 1.37. The monoisotopic (exact) mass is 253 g/mol. The van der Waals surface area contributed by atoms with Crippen LogP contribution in [-0.2, 0) is 4.74 Å². The maximum absolute atomic E-state index is 11.6. The van der Waals surface area contributed by atoms with Crippen molar-refractivity contribution in [3.05, 3.63) is 17.1 Å². The Bertz CT molecular complexity index is 534. The molecule has 0 aromatic carbocycles. The minimum absolute atomic E-state index is 0.205. The molecule has 2 aromatic rings. The van der Waals surface area contributed by atoms with Crippen LogP contribution in [0.4, 0.5) is 11.6 Å². The molecule has 0 atom stereocenters. The van der Waals surface area contributed by atoms with Crippen molar-refractivity contribution in [3.8, 4) is 5.13 Å². The maximum atomic E-state index is 11.6. The molecule has 2 aromatic heterocycles. The molecule has 0 fully saturated rings. The lowest BCUT2D eigenvalue weighted by molar-refractivity contribution is 0.0603. The number of aromatic nitrogens is 3. The molecule has 0 amide bonds. The van der Waals surface area contributed by atoms with Crippen LogP contribution >= 0.6 is 11.3 Å². The Balaban J connectivity index is 2.57. The van der Waals surface area contributed by atoms with Crippen LogP contribution in [0.3, 0.4) is 0 Å². The largest absolute Gasteiger partial charge is 0.465 e. The van der Waals surface area contributed by atoms with Crippen LogP contribution in [0.2, 0.25) is 0 Å². The van der Waals surface area contributed by atoms with E-state index in [9.17, 15) is 4.79 Å². The van der Waals surface area contributed by atoms with E-state index < -0.39 is 5.97 Å². The summed E-state index contributed by atoms with van der Waals surface area (Å²) in [5.41, 5.74) is 6.09. The first-order valence-electron chi connectivity index (χ1n) is 4.73. The summed E-state index contributed by atoms with van der Waals surface area (Å²) in [5, 5.41) is 9.36. The highest BCUT2D eigenvalue weighted by Crippen LogP contribution is 2.26. The lowest BCUT2D eigenvalue weighted by atomic mass is 10.3. The lowest BCUT2D eigenvalue weighted by Crippen LogP contribution is -2.08. The fourth-order valence-corrected chi connectivity index (χ4v) is 1.98. The minimum Gasteiger partial charge on any atom is -0.465 e. The van der Waals surface area contributed by atoms with E-state index in [1.54, 1.807) is 18.6 Å². The van der Waals surface area contributed by atoms with Crippen LogP contribution in [0.5, 0.6) is 0 Å². The summed E-state index contributed by atoms with van der Waals surface area (Å²) in [7, 11) is 2.95. The Morgan fingerprint density at radius 2 is 2.41 bits per heavy atom. The second-order valence-corrected chi connectivity index (χ2v) is 3.95. The standard InChI is InChI=1S/C9H11N5O2S/c1-11-7-5(8(15)16-2)6(10)14(13-7)9-12-3-4-17-9/h3-4H,10H2,1-2H3,(H,11,13). The van der Waals surface area contributed by atoms with Gasteiger partial charge in [0.1, 0.15) is 11.4 Å². The molecular formula is C9H11N5O2S. The molecule has 0 spiro atoms. The number of carbonyl (C=O) groups is 1. The quantitative estimate of drug-likeness (QED) is 0.783.